The van der Waals surface area contributed by atoms with Crippen molar-refractivity contribution in [3.8, 4) is 17.2 Å². The highest BCUT2D eigenvalue weighted by atomic mass is 79.9. The van der Waals surface area contributed by atoms with Crippen LogP contribution in [-0.2, 0) is 11.4 Å². The van der Waals surface area contributed by atoms with Gasteiger partial charge in [0.1, 0.15) is 18.4 Å². The van der Waals surface area contributed by atoms with E-state index in [1.165, 1.54) is 6.21 Å². The number of rotatable bonds is 9. The lowest BCUT2D eigenvalue weighted by Gasteiger charge is -2.20. The molecular formula is C27H24BrCl2N3O5. The number of amides is 2. The fourth-order valence-electron chi connectivity index (χ4n) is 3.54. The van der Waals surface area contributed by atoms with E-state index in [2.05, 4.69) is 31.8 Å². The van der Waals surface area contributed by atoms with Gasteiger partial charge in [-0.2, -0.15) is 5.10 Å². The molecule has 0 aliphatic carbocycles. The average molecular weight is 621 g/mol. The number of carbonyl (C=O) groups is 2. The zero-order valence-corrected chi connectivity index (χ0v) is 23.6. The minimum Gasteiger partial charge on any atom is -0.488 e. The van der Waals surface area contributed by atoms with Crippen molar-refractivity contribution < 1.29 is 23.8 Å². The Morgan fingerprint density at radius 3 is 2.58 bits per heavy atom. The third-order valence-electron chi connectivity index (χ3n) is 5.59. The Balaban J connectivity index is 1.33. The maximum Gasteiger partial charge on any atom is 0.262 e. The molecule has 2 amide bonds. The first-order valence-corrected chi connectivity index (χ1v) is 13.2. The number of hydrogen-bond donors (Lipinski definition) is 2. The molecule has 4 rings (SSSR count). The van der Waals surface area contributed by atoms with Gasteiger partial charge < -0.3 is 19.5 Å². The van der Waals surface area contributed by atoms with Gasteiger partial charge in [0.05, 0.1) is 20.7 Å². The number of benzene rings is 3. The number of nitrogens with zero attached hydrogens (tertiary/aromatic N) is 1. The normalized spacial score (nSPS) is 13.0. The van der Waals surface area contributed by atoms with E-state index in [-0.39, 0.29) is 12.7 Å². The Kier molecular flexibility index (Phi) is 9.14. The van der Waals surface area contributed by atoms with E-state index >= 15 is 0 Å². The second kappa shape index (κ2) is 12.5. The summed E-state index contributed by atoms with van der Waals surface area (Å²) in [7, 11) is 0. The van der Waals surface area contributed by atoms with E-state index in [4.69, 9.17) is 37.4 Å². The summed E-state index contributed by atoms with van der Waals surface area (Å²) in [5.74, 6) is 0.677. The molecule has 1 unspecified atom stereocenters. The van der Waals surface area contributed by atoms with Crippen LogP contribution in [0.15, 0.2) is 64.2 Å². The van der Waals surface area contributed by atoms with Gasteiger partial charge in [-0.15, -0.1) is 0 Å². The number of hydrogen-bond acceptors (Lipinski definition) is 6. The van der Waals surface area contributed by atoms with E-state index in [0.717, 1.165) is 11.1 Å². The molecule has 8 nitrogen and oxygen atoms in total. The number of nitrogens with one attached hydrogen (secondary N) is 2. The lowest BCUT2D eigenvalue weighted by atomic mass is 10.0. The Morgan fingerprint density at radius 2 is 1.84 bits per heavy atom. The van der Waals surface area contributed by atoms with Crippen LogP contribution in [0.2, 0.25) is 10.0 Å². The van der Waals surface area contributed by atoms with Crippen LogP contribution in [0.4, 0.5) is 0 Å². The van der Waals surface area contributed by atoms with Crippen molar-refractivity contribution in [1.82, 2.24) is 10.7 Å². The van der Waals surface area contributed by atoms with Crippen LogP contribution in [0.3, 0.4) is 0 Å². The van der Waals surface area contributed by atoms with Crippen LogP contribution in [0.5, 0.6) is 17.2 Å². The molecule has 1 atom stereocenters. The van der Waals surface area contributed by atoms with Gasteiger partial charge in [-0.1, -0.05) is 43.1 Å². The maximum atomic E-state index is 12.8. The van der Waals surface area contributed by atoms with Gasteiger partial charge >= 0.3 is 0 Å². The largest absolute Gasteiger partial charge is 0.488 e. The second-order valence-corrected chi connectivity index (χ2v) is 10.4. The highest BCUT2D eigenvalue weighted by Crippen LogP contribution is 2.32. The highest BCUT2D eigenvalue weighted by Gasteiger charge is 2.25. The van der Waals surface area contributed by atoms with Crippen molar-refractivity contribution in [2.24, 2.45) is 11.0 Å². The number of halogens is 3. The molecule has 0 saturated heterocycles. The van der Waals surface area contributed by atoms with Crippen LogP contribution in [0.25, 0.3) is 0 Å². The molecule has 1 aliphatic heterocycles. The van der Waals surface area contributed by atoms with Crippen LogP contribution in [0.1, 0.15) is 35.3 Å². The average Bonchev–Trinajstić information content (AvgIpc) is 3.36. The summed E-state index contributed by atoms with van der Waals surface area (Å²) in [6, 6.07) is 14.8. The summed E-state index contributed by atoms with van der Waals surface area (Å²) in [6.45, 7) is 4.09. The molecule has 3 aromatic rings. The molecule has 3 aromatic carbocycles. The first-order chi connectivity index (χ1) is 18.2. The number of carbonyl (C=O) groups excluding carboxylic acids is 2. The van der Waals surface area contributed by atoms with Crippen LogP contribution >= 0.6 is 39.1 Å². The molecular weight excluding hydrogens is 597 g/mol. The van der Waals surface area contributed by atoms with Gasteiger partial charge in [0.25, 0.3) is 11.8 Å². The predicted octanol–water partition coefficient (Wildman–Crippen LogP) is 5.97. The molecule has 0 radical (unpaired) electrons. The molecule has 1 aliphatic rings. The van der Waals surface area contributed by atoms with E-state index in [9.17, 15) is 9.59 Å². The smallest absolute Gasteiger partial charge is 0.262 e. The molecule has 0 aromatic heterocycles. The molecule has 1 heterocycles. The summed E-state index contributed by atoms with van der Waals surface area (Å²) >= 11 is 15.5. The second-order valence-electron chi connectivity index (χ2n) is 8.72. The predicted molar refractivity (Wildman–Crippen MR) is 149 cm³/mol. The van der Waals surface area contributed by atoms with Crippen LogP contribution in [0, 0.1) is 5.92 Å². The summed E-state index contributed by atoms with van der Waals surface area (Å²) in [5.41, 5.74) is 4.47. The van der Waals surface area contributed by atoms with Crippen molar-refractivity contribution in [3.63, 3.8) is 0 Å². The first kappa shape index (κ1) is 27.8. The van der Waals surface area contributed by atoms with Crippen LogP contribution < -0.4 is 25.0 Å². The number of ether oxygens (including phenoxy) is 3. The lowest BCUT2D eigenvalue weighted by Crippen LogP contribution is -2.48. The fourth-order valence-corrected chi connectivity index (χ4v) is 4.37. The van der Waals surface area contributed by atoms with Crippen LogP contribution in [-0.4, -0.2) is 30.9 Å². The standard InChI is InChI=1S/C27H24BrCl2N3O5/c1-15(2)25(32-26(34)18-5-8-23-24(11-18)38-14-37-23)27(35)33-31-12-16-4-7-22(19(28)9-16)36-13-17-3-6-20(29)21(30)10-17/h3-12,15,25H,13-14H2,1-2H3,(H,32,34)(H,33,35). The minimum atomic E-state index is -0.797. The fraction of sp³-hybridized carbons (Fsp3) is 0.222. The molecule has 11 heteroatoms. The summed E-state index contributed by atoms with van der Waals surface area (Å²) in [6.07, 6.45) is 1.50. The van der Waals surface area contributed by atoms with Crippen molar-refractivity contribution in [3.05, 3.63) is 85.8 Å². The van der Waals surface area contributed by atoms with Crippen molar-refractivity contribution in [1.29, 1.82) is 0 Å². The monoisotopic (exact) mass is 619 g/mol. The van der Waals surface area contributed by atoms with E-state index in [1.807, 2.05) is 19.9 Å². The van der Waals surface area contributed by atoms with Gasteiger partial charge in [0.15, 0.2) is 11.5 Å². The van der Waals surface area contributed by atoms with Gasteiger partial charge in [0.2, 0.25) is 6.79 Å². The molecule has 0 bridgehead atoms. The molecule has 38 heavy (non-hydrogen) atoms. The van der Waals surface area contributed by atoms with Gasteiger partial charge in [-0.3, -0.25) is 9.59 Å². The molecule has 198 valence electrons. The third kappa shape index (κ3) is 6.98. The highest BCUT2D eigenvalue weighted by molar-refractivity contribution is 9.10. The number of fused-ring (bicyclic) bond motifs is 1. The zero-order chi connectivity index (χ0) is 27.2. The SMILES string of the molecule is CC(C)C(NC(=O)c1ccc2c(c1)OCO2)C(=O)NN=Cc1ccc(OCc2ccc(Cl)c(Cl)c2)c(Br)c1. The Bertz CT molecular complexity index is 1380. The summed E-state index contributed by atoms with van der Waals surface area (Å²) in [5, 5.41) is 7.77. The van der Waals surface area contributed by atoms with E-state index in [0.29, 0.717) is 43.9 Å². The summed E-state index contributed by atoms with van der Waals surface area (Å²) in [4.78, 5) is 25.5. The summed E-state index contributed by atoms with van der Waals surface area (Å²) < 4.78 is 17.2. The Hall–Kier alpha value is -3.27. The maximum absolute atomic E-state index is 12.8. The van der Waals surface area contributed by atoms with Crippen molar-refractivity contribution in [2.75, 3.05) is 6.79 Å². The zero-order valence-electron chi connectivity index (χ0n) is 20.5. The third-order valence-corrected chi connectivity index (χ3v) is 6.95. The Labute approximate surface area is 238 Å². The van der Waals surface area contributed by atoms with Gasteiger partial charge in [0, 0.05) is 5.56 Å². The minimum absolute atomic E-state index is 0.112. The number of hydrazone groups is 1. The van der Waals surface area contributed by atoms with Gasteiger partial charge in [-0.05, 0) is 81.5 Å². The quantitative estimate of drug-likeness (QED) is 0.227. The topological polar surface area (TPSA) is 98.2 Å². The Morgan fingerprint density at radius 1 is 1.05 bits per heavy atom. The van der Waals surface area contributed by atoms with E-state index < -0.39 is 17.9 Å². The molecule has 0 spiro atoms. The molecule has 0 saturated carbocycles. The molecule has 0 fully saturated rings. The molecule has 2 N–H and O–H groups in total. The van der Waals surface area contributed by atoms with Gasteiger partial charge in [-0.25, -0.2) is 5.43 Å². The van der Waals surface area contributed by atoms with Crippen molar-refractivity contribution >= 4 is 57.2 Å². The lowest BCUT2D eigenvalue weighted by molar-refractivity contribution is -0.123. The van der Waals surface area contributed by atoms with Crippen molar-refractivity contribution in [2.45, 2.75) is 26.5 Å². The van der Waals surface area contributed by atoms with E-state index in [1.54, 1.807) is 48.5 Å². The first-order valence-electron chi connectivity index (χ1n) is 11.6.